The number of nitrogens with one attached hydrogen (secondary N) is 1. The molecule has 0 spiro atoms. The van der Waals surface area contributed by atoms with Crippen molar-refractivity contribution < 1.29 is 4.79 Å². The molecule has 2 fully saturated rings. The molecule has 1 atom stereocenters. The van der Waals surface area contributed by atoms with Crippen LogP contribution in [0.1, 0.15) is 39.5 Å². The molecule has 2 aliphatic heterocycles. The lowest BCUT2D eigenvalue weighted by Gasteiger charge is -2.36. The Morgan fingerprint density at radius 2 is 2.00 bits per heavy atom. The van der Waals surface area contributed by atoms with E-state index in [0.717, 1.165) is 51.2 Å². The van der Waals surface area contributed by atoms with E-state index in [-0.39, 0.29) is 6.04 Å². The van der Waals surface area contributed by atoms with Crippen LogP contribution in [0, 0.1) is 5.92 Å². The van der Waals surface area contributed by atoms with Gasteiger partial charge >= 0.3 is 0 Å². The quantitative estimate of drug-likeness (QED) is 0.834. The smallest absolute Gasteiger partial charge is 0.239 e. The molecule has 19 heavy (non-hydrogen) atoms. The second-order valence-corrected chi connectivity index (χ2v) is 6.45. The van der Waals surface area contributed by atoms with Crippen molar-refractivity contribution in [2.24, 2.45) is 5.92 Å². The number of nitrogens with zero attached hydrogens (tertiary/aromatic N) is 2. The zero-order valence-corrected chi connectivity index (χ0v) is 12.7. The Hall–Kier alpha value is -0.610. The first-order chi connectivity index (χ1) is 9.08. The minimum Gasteiger partial charge on any atom is -0.341 e. The van der Waals surface area contributed by atoms with Gasteiger partial charge in [-0.1, -0.05) is 0 Å². The van der Waals surface area contributed by atoms with Gasteiger partial charge in [0.05, 0.1) is 6.04 Å². The van der Waals surface area contributed by atoms with E-state index in [1.165, 1.54) is 6.54 Å². The van der Waals surface area contributed by atoms with Crippen LogP contribution in [0.5, 0.6) is 0 Å². The molecule has 1 amide bonds. The van der Waals surface area contributed by atoms with Gasteiger partial charge in [0.15, 0.2) is 0 Å². The van der Waals surface area contributed by atoms with Gasteiger partial charge in [0.1, 0.15) is 0 Å². The lowest BCUT2D eigenvalue weighted by Crippen LogP contribution is -2.48. The maximum Gasteiger partial charge on any atom is 0.239 e. The Morgan fingerprint density at radius 3 is 2.53 bits per heavy atom. The zero-order valence-electron chi connectivity index (χ0n) is 12.7. The normalized spacial score (nSPS) is 25.5. The second kappa shape index (κ2) is 6.71. The van der Waals surface area contributed by atoms with Crippen molar-refractivity contribution in [3.8, 4) is 0 Å². The molecule has 0 aromatic rings. The van der Waals surface area contributed by atoms with E-state index in [9.17, 15) is 4.79 Å². The Labute approximate surface area is 117 Å². The third-order valence-electron chi connectivity index (χ3n) is 4.71. The number of hydrogen-bond donors (Lipinski definition) is 1. The van der Waals surface area contributed by atoms with Gasteiger partial charge in [0.25, 0.3) is 0 Å². The molecule has 0 unspecified atom stereocenters. The van der Waals surface area contributed by atoms with Gasteiger partial charge in [-0.05, 0) is 59.0 Å². The minimum atomic E-state index is 0.106. The summed E-state index contributed by atoms with van der Waals surface area (Å²) in [6.07, 6.45) is 4.49. The van der Waals surface area contributed by atoms with Crippen LogP contribution in [0.15, 0.2) is 0 Å². The van der Waals surface area contributed by atoms with Crippen molar-refractivity contribution in [1.82, 2.24) is 15.1 Å². The zero-order chi connectivity index (χ0) is 13.8. The highest BCUT2D eigenvalue weighted by Gasteiger charge is 2.30. The van der Waals surface area contributed by atoms with Crippen molar-refractivity contribution in [3.05, 3.63) is 0 Å². The summed E-state index contributed by atoms with van der Waals surface area (Å²) in [5, 5.41) is 3.31. The average molecular weight is 267 g/mol. The van der Waals surface area contributed by atoms with Crippen molar-refractivity contribution >= 4 is 5.91 Å². The van der Waals surface area contributed by atoms with Crippen molar-refractivity contribution in [1.29, 1.82) is 0 Å². The maximum absolute atomic E-state index is 12.3. The molecule has 110 valence electrons. The van der Waals surface area contributed by atoms with Crippen LogP contribution in [0.4, 0.5) is 0 Å². The van der Waals surface area contributed by atoms with Gasteiger partial charge in [0, 0.05) is 25.7 Å². The Morgan fingerprint density at radius 1 is 1.32 bits per heavy atom. The molecule has 4 nitrogen and oxygen atoms in total. The molecule has 0 aromatic carbocycles. The first-order valence-electron chi connectivity index (χ1n) is 7.80. The maximum atomic E-state index is 12.3. The fourth-order valence-corrected chi connectivity index (χ4v) is 3.07. The number of amides is 1. The Kier molecular flexibility index (Phi) is 5.22. The summed E-state index contributed by atoms with van der Waals surface area (Å²) in [6, 6.07) is 0.720. The van der Waals surface area contributed by atoms with E-state index >= 15 is 0 Å². The lowest BCUT2D eigenvalue weighted by atomic mass is 9.95. The SMILES string of the molecule is CC(C)N(C)CC1CCN(C(=O)[C@@H]2CCCN2)CC1. The molecule has 0 saturated carbocycles. The molecule has 4 heteroatoms. The fourth-order valence-electron chi connectivity index (χ4n) is 3.07. The summed E-state index contributed by atoms with van der Waals surface area (Å²) in [7, 11) is 2.20. The minimum absolute atomic E-state index is 0.106. The van der Waals surface area contributed by atoms with Crippen LogP contribution in [-0.2, 0) is 4.79 Å². The van der Waals surface area contributed by atoms with E-state index in [4.69, 9.17) is 0 Å². The van der Waals surface area contributed by atoms with Gasteiger partial charge < -0.3 is 15.1 Å². The van der Waals surface area contributed by atoms with E-state index in [0.29, 0.717) is 11.9 Å². The second-order valence-electron chi connectivity index (χ2n) is 6.45. The van der Waals surface area contributed by atoms with E-state index in [1.54, 1.807) is 0 Å². The number of piperidine rings is 1. The van der Waals surface area contributed by atoms with Crippen LogP contribution in [0.25, 0.3) is 0 Å². The van der Waals surface area contributed by atoms with Crippen molar-refractivity contribution in [2.45, 2.75) is 51.6 Å². The average Bonchev–Trinajstić information content (AvgIpc) is 2.92. The highest BCUT2D eigenvalue weighted by Crippen LogP contribution is 2.20. The summed E-state index contributed by atoms with van der Waals surface area (Å²) in [5.74, 6) is 1.10. The predicted octanol–water partition coefficient (Wildman–Crippen LogP) is 1.32. The summed E-state index contributed by atoms with van der Waals surface area (Å²) in [5.41, 5.74) is 0. The Balaban J connectivity index is 1.74. The first kappa shape index (κ1) is 14.8. The van der Waals surface area contributed by atoms with Gasteiger partial charge in [-0.25, -0.2) is 0 Å². The van der Waals surface area contributed by atoms with Crippen LogP contribution >= 0.6 is 0 Å². The number of carbonyl (C=O) groups is 1. The monoisotopic (exact) mass is 267 g/mol. The molecular formula is C15H29N3O. The fraction of sp³-hybridized carbons (Fsp3) is 0.933. The molecule has 2 saturated heterocycles. The molecule has 0 aliphatic carbocycles. The van der Waals surface area contributed by atoms with Crippen LogP contribution in [-0.4, -0.2) is 61.0 Å². The molecule has 2 rings (SSSR count). The summed E-state index contributed by atoms with van der Waals surface area (Å²) >= 11 is 0. The Bertz CT molecular complexity index is 292. The van der Waals surface area contributed by atoms with Crippen LogP contribution in [0.3, 0.4) is 0 Å². The van der Waals surface area contributed by atoms with Gasteiger partial charge in [0.2, 0.25) is 5.91 Å². The van der Waals surface area contributed by atoms with Gasteiger partial charge in [-0.15, -0.1) is 0 Å². The largest absolute Gasteiger partial charge is 0.341 e. The van der Waals surface area contributed by atoms with Crippen LogP contribution in [0.2, 0.25) is 0 Å². The van der Waals surface area contributed by atoms with E-state index < -0.39 is 0 Å². The summed E-state index contributed by atoms with van der Waals surface area (Å²) < 4.78 is 0. The number of rotatable bonds is 4. The molecule has 1 N–H and O–H groups in total. The topological polar surface area (TPSA) is 35.6 Å². The number of likely N-dealkylation sites (tertiary alicyclic amines) is 1. The highest BCUT2D eigenvalue weighted by atomic mass is 16.2. The summed E-state index contributed by atoms with van der Waals surface area (Å²) in [4.78, 5) is 16.8. The number of hydrogen-bond acceptors (Lipinski definition) is 3. The molecular weight excluding hydrogens is 238 g/mol. The predicted molar refractivity (Wildman–Crippen MR) is 78.1 cm³/mol. The van der Waals surface area contributed by atoms with Crippen LogP contribution < -0.4 is 5.32 Å². The van der Waals surface area contributed by atoms with Gasteiger partial charge in [-0.2, -0.15) is 0 Å². The molecule has 0 aromatic heterocycles. The molecule has 0 radical (unpaired) electrons. The first-order valence-corrected chi connectivity index (χ1v) is 7.80. The van der Waals surface area contributed by atoms with E-state index in [2.05, 4.69) is 36.0 Å². The lowest BCUT2D eigenvalue weighted by molar-refractivity contribution is -0.134. The molecule has 2 aliphatic rings. The van der Waals surface area contributed by atoms with Gasteiger partial charge in [-0.3, -0.25) is 4.79 Å². The third-order valence-corrected chi connectivity index (χ3v) is 4.71. The standard InChI is InChI=1S/C15H29N3O/c1-12(2)17(3)11-13-6-9-18(10-7-13)15(19)14-5-4-8-16-14/h12-14,16H,4-11H2,1-3H3/t14-/m0/s1. The third kappa shape index (κ3) is 3.93. The number of carbonyl (C=O) groups excluding carboxylic acids is 1. The highest BCUT2D eigenvalue weighted by molar-refractivity contribution is 5.82. The summed E-state index contributed by atoms with van der Waals surface area (Å²) in [6.45, 7) is 8.56. The molecule has 0 bridgehead atoms. The molecule has 2 heterocycles. The van der Waals surface area contributed by atoms with Crippen molar-refractivity contribution in [3.63, 3.8) is 0 Å². The van der Waals surface area contributed by atoms with E-state index in [1.807, 2.05) is 0 Å². The van der Waals surface area contributed by atoms with Crippen molar-refractivity contribution in [2.75, 3.05) is 33.2 Å².